The summed E-state index contributed by atoms with van der Waals surface area (Å²) in [6.45, 7) is 15.6. The summed E-state index contributed by atoms with van der Waals surface area (Å²) in [4.78, 5) is 28.1. The highest BCUT2D eigenvalue weighted by molar-refractivity contribution is 5.99. The van der Waals surface area contributed by atoms with E-state index >= 15 is 0 Å². The number of nitrogens with zero attached hydrogens (tertiary/aromatic N) is 4. The molecule has 2 fully saturated rings. The standard InChI is InChI=1S/C35H49N5O3/c1-7-40(29-12-16-42-17-13-29)33-20-28(27-8-9-34(36-21-27)43-30-10-14-39(6)15-11-30)19-31(25(33)4)35(41)37-22-32-23(2)18-24(3)38-26(32)5/h8-9,19-21,26,29-30H,7,10-18,22H2,1-6H3,(H,37,41). The predicted octanol–water partition coefficient (Wildman–Crippen LogP) is 5.83. The molecular formula is C35H49N5O3. The Bertz CT molecular complexity index is 1340. The minimum absolute atomic E-state index is 0.0578. The average molecular weight is 588 g/mol. The maximum absolute atomic E-state index is 13.9. The van der Waals surface area contributed by atoms with E-state index < -0.39 is 0 Å². The van der Waals surface area contributed by atoms with Gasteiger partial charge in [0.2, 0.25) is 5.88 Å². The molecule has 3 aliphatic rings. The number of anilines is 1. The SMILES string of the molecule is CCN(c1cc(-c2ccc(OC3CCN(C)CC3)nc2)cc(C(=O)NCC2=C(C)CC(C)=NC2C)c1C)C1CCOCC1. The smallest absolute Gasteiger partial charge is 0.251 e. The number of benzene rings is 1. The third-order valence-corrected chi connectivity index (χ3v) is 9.36. The Kier molecular flexibility index (Phi) is 10.2. The fourth-order valence-corrected chi connectivity index (χ4v) is 6.79. The zero-order chi connectivity index (χ0) is 30.5. The van der Waals surface area contributed by atoms with Crippen LogP contribution in [0, 0.1) is 6.92 Å². The highest BCUT2D eigenvalue weighted by atomic mass is 16.5. The normalized spacial score (nSPS) is 20.6. The molecule has 1 atom stereocenters. The summed E-state index contributed by atoms with van der Waals surface area (Å²) in [5, 5.41) is 3.24. The van der Waals surface area contributed by atoms with Gasteiger partial charge < -0.3 is 24.6 Å². The Morgan fingerprint density at radius 3 is 2.49 bits per heavy atom. The lowest BCUT2D eigenvalue weighted by molar-refractivity contribution is 0.0846. The van der Waals surface area contributed by atoms with Crippen LogP contribution in [0.5, 0.6) is 5.88 Å². The van der Waals surface area contributed by atoms with Crippen LogP contribution in [0.3, 0.4) is 0 Å². The number of hydrogen-bond donors (Lipinski definition) is 1. The van der Waals surface area contributed by atoms with Gasteiger partial charge in [0.15, 0.2) is 0 Å². The van der Waals surface area contributed by atoms with Crippen molar-refractivity contribution in [3.63, 3.8) is 0 Å². The minimum Gasteiger partial charge on any atom is -0.474 e. The van der Waals surface area contributed by atoms with Gasteiger partial charge in [-0.05, 0) is 102 Å². The van der Waals surface area contributed by atoms with Gasteiger partial charge in [0.05, 0.1) is 6.04 Å². The van der Waals surface area contributed by atoms with Crippen molar-refractivity contribution in [2.45, 2.75) is 84.9 Å². The number of piperidine rings is 1. The summed E-state index contributed by atoms with van der Waals surface area (Å²) in [6.07, 6.45) is 6.94. The zero-order valence-electron chi connectivity index (χ0n) is 26.9. The molecule has 0 aliphatic carbocycles. The topological polar surface area (TPSA) is 79.3 Å². The lowest BCUT2D eigenvalue weighted by Gasteiger charge is -2.37. The number of allylic oxidation sites excluding steroid dienone is 1. The second kappa shape index (κ2) is 14.0. The van der Waals surface area contributed by atoms with Crippen LogP contribution < -0.4 is 15.0 Å². The highest BCUT2D eigenvalue weighted by Crippen LogP contribution is 2.34. The molecule has 1 N–H and O–H groups in total. The van der Waals surface area contributed by atoms with Crippen molar-refractivity contribution >= 4 is 17.3 Å². The molecule has 3 aliphatic heterocycles. The van der Waals surface area contributed by atoms with E-state index in [1.165, 1.54) is 11.1 Å². The van der Waals surface area contributed by atoms with Gasteiger partial charge in [0.25, 0.3) is 5.91 Å². The van der Waals surface area contributed by atoms with Gasteiger partial charge in [0, 0.05) is 86.6 Å². The van der Waals surface area contributed by atoms with Crippen molar-refractivity contribution in [2.24, 2.45) is 4.99 Å². The summed E-state index contributed by atoms with van der Waals surface area (Å²) >= 11 is 0. The molecule has 1 aromatic heterocycles. The van der Waals surface area contributed by atoms with E-state index in [1.807, 2.05) is 18.3 Å². The molecule has 232 valence electrons. The number of carbonyl (C=O) groups excluding carboxylic acids is 1. The second-order valence-electron chi connectivity index (χ2n) is 12.5. The zero-order valence-corrected chi connectivity index (χ0v) is 26.9. The summed E-state index contributed by atoms with van der Waals surface area (Å²) in [5.74, 6) is 0.599. The van der Waals surface area contributed by atoms with Gasteiger partial charge in [0.1, 0.15) is 6.10 Å². The Labute approximate surface area is 257 Å². The molecule has 0 saturated carbocycles. The fourth-order valence-electron chi connectivity index (χ4n) is 6.79. The van der Waals surface area contributed by atoms with E-state index in [9.17, 15) is 4.79 Å². The summed E-state index contributed by atoms with van der Waals surface area (Å²) in [7, 11) is 2.15. The molecule has 2 aromatic rings. The van der Waals surface area contributed by atoms with Gasteiger partial charge in [-0.1, -0.05) is 5.57 Å². The molecule has 5 rings (SSSR count). The first-order valence-electron chi connectivity index (χ1n) is 16.0. The summed E-state index contributed by atoms with van der Waals surface area (Å²) in [6, 6.07) is 8.75. The molecule has 2 saturated heterocycles. The van der Waals surface area contributed by atoms with Crippen molar-refractivity contribution in [1.82, 2.24) is 15.2 Å². The van der Waals surface area contributed by atoms with Gasteiger partial charge in [-0.2, -0.15) is 0 Å². The molecule has 0 spiro atoms. The number of aliphatic imine (C=N–C) groups is 1. The van der Waals surface area contributed by atoms with Crippen LogP contribution in [0.15, 0.2) is 46.6 Å². The molecule has 4 heterocycles. The lowest BCUT2D eigenvalue weighted by atomic mass is 9.94. The van der Waals surface area contributed by atoms with Crippen molar-refractivity contribution < 1.29 is 14.3 Å². The number of pyridine rings is 1. The molecule has 1 unspecified atom stereocenters. The summed E-state index contributed by atoms with van der Waals surface area (Å²) in [5.41, 5.74) is 8.41. The number of hydrogen-bond acceptors (Lipinski definition) is 7. The number of rotatable bonds is 9. The molecule has 1 amide bonds. The van der Waals surface area contributed by atoms with Gasteiger partial charge in [-0.15, -0.1) is 0 Å². The Balaban J connectivity index is 1.43. The third-order valence-electron chi connectivity index (χ3n) is 9.36. The number of amides is 1. The van der Waals surface area contributed by atoms with E-state index in [0.29, 0.717) is 24.0 Å². The number of likely N-dealkylation sites (tertiary alicyclic amines) is 1. The molecule has 43 heavy (non-hydrogen) atoms. The van der Waals surface area contributed by atoms with E-state index in [0.717, 1.165) is 93.0 Å². The Morgan fingerprint density at radius 2 is 1.84 bits per heavy atom. The number of dihydropyridines is 1. The second-order valence-corrected chi connectivity index (χ2v) is 12.5. The van der Waals surface area contributed by atoms with Gasteiger partial charge >= 0.3 is 0 Å². The first kappa shape index (κ1) is 31.2. The number of ether oxygens (including phenoxy) is 2. The van der Waals surface area contributed by atoms with Crippen LogP contribution in [0.25, 0.3) is 11.1 Å². The molecule has 8 heteroatoms. The first-order chi connectivity index (χ1) is 20.7. The van der Waals surface area contributed by atoms with Crippen LogP contribution in [0.4, 0.5) is 5.69 Å². The molecule has 0 radical (unpaired) electrons. The van der Waals surface area contributed by atoms with E-state index in [-0.39, 0.29) is 18.1 Å². The number of nitrogens with one attached hydrogen (secondary N) is 1. The summed E-state index contributed by atoms with van der Waals surface area (Å²) < 4.78 is 11.9. The Morgan fingerprint density at radius 1 is 1.09 bits per heavy atom. The highest BCUT2D eigenvalue weighted by Gasteiger charge is 2.26. The maximum Gasteiger partial charge on any atom is 0.251 e. The number of aromatic nitrogens is 1. The van der Waals surface area contributed by atoms with Crippen molar-refractivity contribution in [3.05, 3.63) is 52.7 Å². The van der Waals surface area contributed by atoms with E-state index in [1.54, 1.807) is 0 Å². The third kappa shape index (κ3) is 7.47. The quantitative estimate of drug-likeness (QED) is 0.372. The average Bonchev–Trinajstić information content (AvgIpc) is 3.00. The van der Waals surface area contributed by atoms with Crippen LogP contribution in [-0.2, 0) is 4.74 Å². The monoisotopic (exact) mass is 587 g/mol. The molecule has 0 bridgehead atoms. The van der Waals surface area contributed by atoms with Crippen molar-refractivity contribution in [2.75, 3.05) is 51.3 Å². The Hall–Kier alpha value is -3.23. The van der Waals surface area contributed by atoms with E-state index in [2.05, 4.69) is 73.9 Å². The molecular weight excluding hydrogens is 538 g/mol. The van der Waals surface area contributed by atoms with Crippen LogP contribution in [0.1, 0.15) is 75.7 Å². The van der Waals surface area contributed by atoms with Crippen molar-refractivity contribution in [3.8, 4) is 17.0 Å². The predicted molar refractivity (Wildman–Crippen MR) is 175 cm³/mol. The van der Waals surface area contributed by atoms with Crippen LogP contribution >= 0.6 is 0 Å². The van der Waals surface area contributed by atoms with Crippen molar-refractivity contribution in [1.29, 1.82) is 0 Å². The van der Waals surface area contributed by atoms with Crippen LogP contribution in [0.2, 0.25) is 0 Å². The number of carbonyl (C=O) groups is 1. The lowest BCUT2D eigenvalue weighted by Crippen LogP contribution is -2.40. The van der Waals surface area contributed by atoms with Gasteiger partial charge in [-0.3, -0.25) is 9.79 Å². The van der Waals surface area contributed by atoms with E-state index in [4.69, 9.17) is 14.5 Å². The van der Waals surface area contributed by atoms with Crippen LogP contribution in [-0.4, -0.2) is 86.1 Å². The molecule has 1 aromatic carbocycles. The largest absolute Gasteiger partial charge is 0.474 e. The van der Waals surface area contributed by atoms with Gasteiger partial charge in [-0.25, -0.2) is 4.98 Å². The maximum atomic E-state index is 13.9. The minimum atomic E-state index is -0.0578. The molecule has 8 nitrogen and oxygen atoms in total. The first-order valence-corrected chi connectivity index (χ1v) is 16.0. The fraction of sp³-hybridized carbons (Fsp3) is 0.571.